The fourth-order valence-corrected chi connectivity index (χ4v) is 3.10. The van der Waals surface area contributed by atoms with Crippen LogP contribution in [0.25, 0.3) is 16.8 Å². The first kappa shape index (κ1) is 15.0. The summed E-state index contributed by atoms with van der Waals surface area (Å²) in [4.78, 5) is 4.79. The highest BCUT2D eigenvalue weighted by Gasteiger charge is 2.33. The maximum atomic E-state index is 12.7. The van der Waals surface area contributed by atoms with Crippen LogP contribution in [0.2, 0.25) is 0 Å². The molecular formula is C16H13F3N2S. The third-order valence-corrected chi connectivity index (χ3v) is 4.20. The summed E-state index contributed by atoms with van der Waals surface area (Å²) in [5.41, 5.74) is 1.29. The van der Waals surface area contributed by atoms with Gasteiger partial charge in [0.2, 0.25) is 0 Å². The Balaban J connectivity index is 2.09. The Hall–Kier alpha value is -1.95. The van der Waals surface area contributed by atoms with Crippen LogP contribution >= 0.6 is 11.8 Å². The molecule has 0 saturated carbocycles. The number of benzene rings is 1. The fraction of sp³-hybridized carbons (Fsp3) is 0.188. The van der Waals surface area contributed by atoms with E-state index in [9.17, 15) is 13.2 Å². The summed E-state index contributed by atoms with van der Waals surface area (Å²) in [6.45, 7) is 2.06. The smallest absolute Gasteiger partial charge is 0.306 e. The molecule has 1 aromatic carbocycles. The Morgan fingerprint density at radius 1 is 1.18 bits per heavy atom. The van der Waals surface area contributed by atoms with E-state index >= 15 is 0 Å². The van der Waals surface area contributed by atoms with E-state index in [-0.39, 0.29) is 0 Å². The Kier molecular flexibility index (Phi) is 3.87. The molecule has 3 rings (SSSR count). The summed E-state index contributed by atoms with van der Waals surface area (Å²) in [6.07, 6.45) is -1.81. The van der Waals surface area contributed by atoms with E-state index < -0.39 is 11.9 Å². The highest BCUT2D eigenvalue weighted by atomic mass is 32.2. The van der Waals surface area contributed by atoms with Crippen LogP contribution in [0.4, 0.5) is 13.2 Å². The van der Waals surface area contributed by atoms with Crippen LogP contribution in [-0.4, -0.2) is 15.1 Å². The summed E-state index contributed by atoms with van der Waals surface area (Å²) >= 11 is 1.70. The van der Waals surface area contributed by atoms with Crippen LogP contribution < -0.4 is 0 Å². The van der Waals surface area contributed by atoms with Gasteiger partial charge in [0, 0.05) is 17.3 Å². The first-order valence-electron chi connectivity index (χ1n) is 6.77. The van der Waals surface area contributed by atoms with Crippen molar-refractivity contribution in [3.05, 3.63) is 54.5 Å². The Morgan fingerprint density at radius 2 is 1.95 bits per heavy atom. The highest BCUT2D eigenvalue weighted by Crippen LogP contribution is 2.33. The summed E-state index contributed by atoms with van der Waals surface area (Å²) in [5.74, 6) is 0.931. The van der Waals surface area contributed by atoms with Crippen molar-refractivity contribution >= 4 is 17.4 Å². The number of imidazole rings is 1. The number of hydrogen-bond acceptors (Lipinski definition) is 2. The van der Waals surface area contributed by atoms with Gasteiger partial charge < -0.3 is 4.40 Å². The molecule has 0 bridgehead atoms. The predicted molar refractivity (Wildman–Crippen MR) is 82.0 cm³/mol. The second kappa shape index (κ2) is 5.68. The molecule has 0 radical (unpaired) electrons. The lowest BCUT2D eigenvalue weighted by molar-refractivity contribution is -0.140. The first-order valence-corrected chi connectivity index (χ1v) is 7.76. The molecular weight excluding hydrogens is 309 g/mol. The van der Waals surface area contributed by atoms with Crippen LogP contribution in [0.1, 0.15) is 12.6 Å². The number of thioether (sulfide) groups is 1. The topological polar surface area (TPSA) is 17.3 Å². The molecule has 0 atom stereocenters. The molecule has 0 aliphatic heterocycles. The van der Waals surface area contributed by atoms with Gasteiger partial charge in [0.15, 0.2) is 5.69 Å². The number of rotatable bonds is 3. The number of aromatic nitrogens is 2. The Bertz CT molecular complexity index is 809. The lowest BCUT2D eigenvalue weighted by Crippen LogP contribution is -2.04. The van der Waals surface area contributed by atoms with Crippen LogP contribution in [0.15, 0.2) is 53.7 Å². The van der Waals surface area contributed by atoms with E-state index in [1.54, 1.807) is 24.0 Å². The number of halogens is 3. The van der Waals surface area contributed by atoms with Crippen molar-refractivity contribution in [3.8, 4) is 11.1 Å². The Morgan fingerprint density at radius 3 is 2.68 bits per heavy atom. The molecule has 2 aromatic heterocycles. The molecule has 0 N–H and O–H groups in total. The van der Waals surface area contributed by atoms with Crippen molar-refractivity contribution in [2.75, 3.05) is 5.75 Å². The zero-order chi connectivity index (χ0) is 15.7. The molecule has 2 nitrogen and oxygen atoms in total. The van der Waals surface area contributed by atoms with E-state index in [0.717, 1.165) is 28.0 Å². The minimum atomic E-state index is -4.43. The van der Waals surface area contributed by atoms with Crippen LogP contribution in [0.3, 0.4) is 0 Å². The molecule has 0 fully saturated rings. The van der Waals surface area contributed by atoms with Gasteiger partial charge in [-0.15, -0.1) is 11.8 Å². The molecule has 6 heteroatoms. The number of pyridine rings is 1. The van der Waals surface area contributed by atoms with Crippen molar-refractivity contribution in [3.63, 3.8) is 0 Å². The largest absolute Gasteiger partial charge is 0.434 e. The maximum Gasteiger partial charge on any atom is 0.434 e. The maximum absolute atomic E-state index is 12.7. The molecule has 0 saturated heterocycles. The van der Waals surface area contributed by atoms with Gasteiger partial charge in [-0.3, -0.25) is 0 Å². The third kappa shape index (κ3) is 2.83. The zero-order valence-corrected chi connectivity index (χ0v) is 12.6. The second-order valence-corrected chi connectivity index (χ2v) is 6.04. The van der Waals surface area contributed by atoms with E-state index in [4.69, 9.17) is 0 Å². The van der Waals surface area contributed by atoms with Crippen LogP contribution in [0, 0.1) is 0 Å². The summed E-state index contributed by atoms with van der Waals surface area (Å²) < 4.78 is 39.6. The first-order chi connectivity index (χ1) is 10.5. The average Bonchev–Trinajstić information content (AvgIpc) is 2.91. The molecule has 0 amide bonds. The van der Waals surface area contributed by atoms with E-state index in [1.807, 2.05) is 30.3 Å². The van der Waals surface area contributed by atoms with Crippen LogP contribution in [-0.2, 0) is 6.18 Å². The fourth-order valence-electron chi connectivity index (χ4n) is 2.27. The highest BCUT2D eigenvalue weighted by molar-refractivity contribution is 7.99. The molecule has 2 heterocycles. The van der Waals surface area contributed by atoms with Gasteiger partial charge in [-0.1, -0.05) is 25.1 Å². The van der Waals surface area contributed by atoms with E-state index in [1.165, 1.54) is 4.40 Å². The van der Waals surface area contributed by atoms with Crippen molar-refractivity contribution in [2.45, 2.75) is 18.0 Å². The van der Waals surface area contributed by atoms with Gasteiger partial charge in [-0.25, -0.2) is 4.98 Å². The number of nitrogens with zero attached hydrogens (tertiary/aromatic N) is 2. The monoisotopic (exact) mass is 322 g/mol. The van der Waals surface area contributed by atoms with Crippen molar-refractivity contribution in [2.24, 2.45) is 0 Å². The normalized spacial score (nSPS) is 12.0. The predicted octanol–water partition coefficient (Wildman–Crippen LogP) is 5.13. The van der Waals surface area contributed by atoms with Gasteiger partial charge in [-0.05, 0) is 35.1 Å². The van der Waals surface area contributed by atoms with Gasteiger partial charge in [-0.2, -0.15) is 13.2 Å². The summed E-state index contributed by atoms with van der Waals surface area (Å²) in [7, 11) is 0. The standard InChI is InChI=1S/C16H13F3N2S/c1-2-22-13-6-4-3-5-12(13)11-7-8-21-10-14(16(17,18)19)20-15(21)9-11/h3-10H,2H2,1H3. The third-order valence-electron chi connectivity index (χ3n) is 3.25. The molecule has 0 spiro atoms. The minimum absolute atomic E-state index is 0.293. The van der Waals surface area contributed by atoms with Crippen molar-refractivity contribution < 1.29 is 13.2 Å². The van der Waals surface area contributed by atoms with Crippen LogP contribution in [0.5, 0.6) is 0 Å². The SMILES string of the molecule is CCSc1ccccc1-c1ccn2cc(C(F)(F)F)nc2c1. The lowest BCUT2D eigenvalue weighted by Gasteiger charge is -2.08. The minimum Gasteiger partial charge on any atom is -0.306 e. The number of fused-ring (bicyclic) bond motifs is 1. The second-order valence-electron chi connectivity index (χ2n) is 4.73. The molecule has 0 unspecified atom stereocenters. The lowest BCUT2D eigenvalue weighted by atomic mass is 10.1. The number of hydrogen-bond donors (Lipinski definition) is 0. The summed E-state index contributed by atoms with van der Waals surface area (Å²) in [6, 6.07) is 11.4. The van der Waals surface area contributed by atoms with Crippen molar-refractivity contribution in [1.29, 1.82) is 0 Å². The van der Waals surface area contributed by atoms with Gasteiger partial charge in [0.25, 0.3) is 0 Å². The van der Waals surface area contributed by atoms with Gasteiger partial charge >= 0.3 is 6.18 Å². The van der Waals surface area contributed by atoms with E-state index in [0.29, 0.717) is 5.65 Å². The Labute approximate surface area is 130 Å². The summed E-state index contributed by atoms with van der Waals surface area (Å²) in [5, 5.41) is 0. The van der Waals surface area contributed by atoms with Gasteiger partial charge in [0.1, 0.15) is 5.65 Å². The average molecular weight is 322 g/mol. The molecule has 114 valence electrons. The number of alkyl halides is 3. The van der Waals surface area contributed by atoms with Gasteiger partial charge in [0.05, 0.1) is 0 Å². The van der Waals surface area contributed by atoms with E-state index in [2.05, 4.69) is 11.9 Å². The molecule has 22 heavy (non-hydrogen) atoms. The zero-order valence-electron chi connectivity index (χ0n) is 11.8. The van der Waals surface area contributed by atoms with Crippen molar-refractivity contribution in [1.82, 2.24) is 9.38 Å². The molecule has 0 aliphatic carbocycles. The quantitative estimate of drug-likeness (QED) is 0.622. The molecule has 0 aliphatic rings. The molecule has 3 aromatic rings.